The van der Waals surface area contributed by atoms with E-state index >= 15 is 0 Å². The second kappa shape index (κ2) is 10.4. The molecule has 2 aliphatic heterocycles. The van der Waals surface area contributed by atoms with Gasteiger partial charge in [0, 0.05) is 50.6 Å². The van der Waals surface area contributed by atoms with Gasteiger partial charge < -0.3 is 14.5 Å². The highest BCUT2D eigenvalue weighted by Gasteiger charge is 2.31. The highest BCUT2D eigenvalue weighted by molar-refractivity contribution is 7.13. The molecule has 1 aromatic carbocycles. The van der Waals surface area contributed by atoms with E-state index < -0.39 is 0 Å². The van der Waals surface area contributed by atoms with E-state index in [1.165, 1.54) is 5.56 Å². The first-order valence-corrected chi connectivity index (χ1v) is 12.6. The molecule has 0 aliphatic carbocycles. The van der Waals surface area contributed by atoms with Gasteiger partial charge in [-0.05, 0) is 35.9 Å². The van der Waals surface area contributed by atoms with Crippen molar-refractivity contribution in [2.75, 3.05) is 32.8 Å². The lowest BCUT2D eigenvalue weighted by atomic mass is 10.2. The molecule has 7 nitrogen and oxygen atoms in total. The Morgan fingerprint density at radius 2 is 1.85 bits per heavy atom. The van der Waals surface area contributed by atoms with Crippen LogP contribution in [0.2, 0.25) is 0 Å². The third kappa shape index (κ3) is 5.13. The summed E-state index contributed by atoms with van der Waals surface area (Å²) < 4.78 is 7.44. The molecule has 34 heavy (non-hydrogen) atoms. The molecule has 2 amide bonds. The summed E-state index contributed by atoms with van der Waals surface area (Å²) in [5.41, 5.74) is 2.96. The Kier molecular flexibility index (Phi) is 6.87. The van der Waals surface area contributed by atoms with Gasteiger partial charge in [-0.2, -0.15) is 5.10 Å². The number of amides is 2. The smallest absolute Gasteiger partial charge is 0.251 e. The summed E-state index contributed by atoms with van der Waals surface area (Å²) in [6, 6.07) is 14.2. The van der Waals surface area contributed by atoms with Crippen LogP contribution >= 0.6 is 11.3 Å². The van der Waals surface area contributed by atoms with E-state index in [-0.39, 0.29) is 17.9 Å². The summed E-state index contributed by atoms with van der Waals surface area (Å²) in [7, 11) is 0. The molecule has 0 radical (unpaired) electrons. The average molecular weight is 477 g/mol. The normalized spacial score (nSPS) is 18.6. The molecule has 0 spiro atoms. The largest absolute Gasteiger partial charge is 0.368 e. The van der Waals surface area contributed by atoms with Crippen molar-refractivity contribution in [3.05, 3.63) is 71.2 Å². The molecule has 1 atom stereocenters. The number of carbonyl (C=O) groups excluding carboxylic acids is 2. The topological polar surface area (TPSA) is 67.7 Å². The molecule has 8 heteroatoms. The number of hydrogen-bond acceptors (Lipinski definition) is 5. The lowest BCUT2D eigenvalue weighted by molar-refractivity contribution is -0.144. The number of carbonyl (C=O) groups is 2. The first-order chi connectivity index (χ1) is 16.7. The molecular formula is C26H28N4O3S. The SMILES string of the molecule is O=C(/C=C/c1cn(Cc2ccccc2)nc1-c1cccs1)N1CCN(C(=O)C2CCCO2)CC1. The van der Waals surface area contributed by atoms with E-state index in [1.807, 2.05) is 57.6 Å². The van der Waals surface area contributed by atoms with Crippen LogP contribution in [0.25, 0.3) is 16.6 Å². The van der Waals surface area contributed by atoms with Crippen molar-refractivity contribution in [2.24, 2.45) is 0 Å². The van der Waals surface area contributed by atoms with Gasteiger partial charge in [0.2, 0.25) is 5.91 Å². The molecule has 4 heterocycles. The Bertz CT molecular complexity index is 1140. The zero-order chi connectivity index (χ0) is 23.3. The first-order valence-electron chi connectivity index (χ1n) is 11.7. The standard InChI is InChI=1S/C26H28N4O3S/c31-24(28-12-14-29(15-13-28)26(32)22-8-4-16-33-22)11-10-21-19-30(18-20-6-2-1-3-7-20)27-25(21)23-9-5-17-34-23/h1-3,5-7,9-11,17,19,22H,4,8,12-16,18H2/b11-10+. The third-order valence-electron chi connectivity index (χ3n) is 6.25. The van der Waals surface area contributed by atoms with Crippen LogP contribution in [0.1, 0.15) is 24.0 Å². The van der Waals surface area contributed by atoms with E-state index in [0.717, 1.165) is 29.0 Å². The molecule has 2 fully saturated rings. The van der Waals surface area contributed by atoms with Crippen molar-refractivity contribution in [2.45, 2.75) is 25.5 Å². The molecule has 1 unspecified atom stereocenters. The predicted octanol–water partition coefficient (Wildman–Crippen LogP) is 3.52. The zero-order valence-electron chi connectivity index (χ0n) is 19.0. The lowest BCUT2D eigenvalue weighted by Gasteiger charge is -2.35. The van der Waals surface area contributed by atoms with Crippen LogP contribution in [-0.4, -0.2) is 70.3 Å². The van der Waals surface area contributed by atoms with Crippen molar-refractivity contribution >= 4 is 29.2 Å². The van der Waals surface area contributed by atoms with Gasteiger partial charge in [-0.3, -0.25) is 14.3 Å². The summed E-state index contributed by atoms with van der Waals surface area (Å²) in [5, 5.41) is 6.83. The van der Waals surface area contributed by atoms with Gasteiger partial charge in [0.1, 0.15) is 11.8 Å². The summed E-state index contributed by atoms with van der Waals surface area (Å²) in [6.45, 7) is 3.50. The highest BCUT2D eigenvalue weighted by atomic mass is 32.1. The quantitative estimate of drug-likeness (QED) is 0.511. The maximum atomic E-state index is 12.9. The minimum absolute atomic E-state index is 0.0443. The van der Waals surface area contributed by atoms with Gasteiger partial charge in [-0.15, -0.1) is 11.3 Å². The first kappa shape index (κ1) is 22.6. The molecule has 2 saturated heterocycles. The van der Waals surface area contributed by atoms with Gasteiger partial charge in [-0.1, -0.05) is 36.4 Å². The second-order valence-electron chi connectivity index (χ2n) is 8.58. The Morgan fingerprint density at radius 1 is 1.06 bits per heavy atom. The van der Waals surface area contributed by atoms with E-state index in [1.54, 1.807) is 22.3 Å². The van der Waals surface area contributed by atoms with E-state index in [9.17, 15) is 9.59 Å². The molecule has 0 saturated carbocycles. The minimum Gasteiger partial charge on any atom is -0.368 e. The molecule has 0 bridgehead atoms. The van der Waals surface area contributed by atoms with Crippen molar-refractivity contribution < 1.29 is 14.3 Å². The van der Waals surface area contributed by atoms with Crippen LogP contribution in [0.15, 0.2) is 60.1 Å². The molecule has 2 aromatic heterocycles. The number of piperazine rings is 1. The van der Waals surface area contributed by atoms with Gasteiger partial charge in [-0.25, -0.2) is 0 Å². The fourth-order valence-corrected chi connectivity index (χ4v) is 5.14. The van der Waals surface area contributed by atoms with Crippen LogP contribution in [0.5, 0.6) is 0 Å². The number of ether oxygens (including phenoxy) is 1. The Morgan fingerprint density at radius 3 is 2.56 bits per heavy atom. The summed E-state index contributed by atoms with van der Waals surface area (Å²) >= 11 is 1.63. The van der Waals surface area contributed by atoms with Gasteiger partial charge >= 0.3 is 0 Å². The molecule has 176 valence electrons. The monoisotopic (exact) mass is 476 g/mol. The molecule has 2 aliphatic rings. The van der Waals surface area contributed by atoms with Gasteiger partial charge in [0.05, 0.1) is 11.4 Å². The Hall–Kier alpha value is -3.23. The molecule has 3 aromatic rings. The Balaban J connectivity index is 1.25. The van der Waals surface area contributed by atoms with Gasteiger partial charge in [0.25, 0.3) is 5.91 Å². The van der Waals surface area contributed by atoms with Crippen LogP contribution in [0.3, 0.4) is 0 Å². The fourth-order valence-electron chi connectivity index (χ4n) is 4.40. The molecular weight excluding hydrogens is 448 g/mol. The number of nitrogens with zero attached hydrogens (tertiary/aromatic N) is 4. The summed E-state index contributed by atoms with van der Waals surface area (Å²) in [6.07, 6.45) is 6.91. The number of hydrogen-bond donors (Lipinski definition) is 0. The zero-order valence-corrected chi connectivity index (χ0v) is 19.8. The number of aromatic nitrogens is 2. The number of benzene rings is 1. The van der Waals surface area contributed by atoms with Crippen molar-refractivity contribution in [3.8, 4) is 10.6 Å². The van der Waals surface area contributed by atoms with Crippen molar-refractivity contribution in [1.29, 1.82) is 0 Å². The summed E-state index contributed by atoms with van der Waals surface area (Å²) in [4.78, 5) is 30.1. The van der Waals surface area contributed by atoms with E-state index in [0.29, 0.717) is 39.3 Å². The van der Waals surface area contributed by atoms with Crippen molar-refractivity contribution in [1.82, 2.24) is 19.6 Å². The van der Waals surface area contributed by atoms with Crippen LogP contribution < -0.4 is 0 Å². The van der Waals surface area contributed by atoms with Crippen LogP contribution in [0.4, 0.5) is 0 Å². The third-order valence-corrected chi connectivity index (χ3v) is 7.12. The maximum Gasteiger partial charge on any atom is 0.251 e. The predicted molar refractivity (Wildman–Crippen MR) is 132 cm³/mol. The highest BCUT2D eigenvalue weighted by Crippen LogP contribution is 2.28. The van der Waals surface area contributed by atoms with E-state index in [4.69, 9.17) is 9.84 Å². The summed E-state index contributed by atoms with van der Waals surface area (Å²) in [5.74, 6) is 0.0173. The number of thiophene rings is 1. The van der Waals surface area contributed by atoms with Crippen LogP contribution in [-0.2, 0) is 20.9 Å². The molecule has 0 N–H and O–H groups in total. The van der Waals surface area contributed by atoms with Crippen molar-refractivity contribution in [3.63, 3.8) is 0 Å². The molecule has 5 rings (SSSR count). The maximum absolute atomic E-state index is 12.9. The lowest BCUT2D eigenvalue weighted by Crippen LogP contribution is -2.52. The fraction of sp³-hybridized carbons (Fsp3) is 0.346. The average Bonchev–Trinajstić information content (AvgIpc) is 3.65. The Labute approximate surface area is 203 Å². The van der Waals surface area contributed by atoms with Gasteiger partial charge in [0.15, 0.2) is 0 Å². The number of rotatable bonds is 6. The van der Waals surface area contributed by atoms with Crippen LogP contribution in [0, 0.1) is 0 Å². The second-order valence-corrected chi connectivity index (χ2v) is 9.53. The van der Waals surface area contributed by atoms with E-state index in [2.05, 4.69) is 12.1 Å². The minimum atomic E-state index is -0.301.